The monoisotopic (exact) mass is 271 g/mol. The molecule has 2 aliphatic rings. The predicted octanol–water partition coefficient (Wildman–Crippen LogP) is 1.98. The van der Waals surface area contributed by atoms with Gasteiger partial charge in [0.1, 0.15) is 0 Å². The molecule has 2 unspecified atom stereocenters. The Morgan fingerprint density at radius 1 is 1.28 bits per heavy atom. The fourth-order valence-electron chi connectivity index (χ4n) is 3.43. The molecule has 0 aromatic rings. The first-order chi connectivity index (χ1) is 8.61. The van der Waals surface area contributed by atoms with Crippen molar-refractivity contribution in [1.82, 2.24) is 4.90 Å². The van der Waals surface area contributed by atoms with Crippen LogP contribution in [0, 0.1) is 5.92 Å². The Hall–Kier alpha value is -0.710. The molecule has 2 fully saturated rings. The molecule has 2 bridgehead atoms. The van der Waals surface area contributed by atoms with Crippen molar-refractivity contribution in [3.8, 4) is 0 Å². The first-order valence-corrected chi connectivity index (χ1v) is 8.03. The van der Waals surface area contributed by atoms with Gasteiger partial charge in [-0.2, -0.15) is 11.8 Å². The molecule has 0 aromatic carbocycles. The second-order valence-corrected chi connectivity index (χ2v) is 6.35. The van der Waals surface area contributed by atoms with E-state index in [1.165, 1.54) is 0 Å². The lowest BCUT2D eigenvalue weighted by molar-refractivity contribution is -0.139. The summed E-state index contributed by atoms with van der Waals surface area (Å²) in [6, 6.07) is 0.616. The van der Waals surface area contributed by atoms with Crippen LogP contribution in [0.5, 0.6) is 0 Å². The second-order valence-electron chi connectivity index (χ2n) is 5.36. The Bertz CT molecular complexity index is 320. The van der Waals surface area contributed by atoms with E-state index in [0.29, 0.717) is 18.5 Å². The third-order valence-corrected chi connectivity index (χ3v) is 4.71. The average Bonchev–Trinajstić information content (AvgIpc) is 2.57. The minimum absolute atomic E-state index is 0.264. The second kappa shape index (κ2) is 5.95. The van der Waals surface area contributed by atoms with Crippen molar-refractivity contribution in [2.75, 3.05) is 12.0 Å². The van der Waals surface area contributed by atoms with Crippen LogP contribution in [0.1, 0.15) is 38.5 Å². The molecule has 0 saturated carbocycles. The molecule has 2 saturated heterocycles. The number of aliphatic carboxylic acids is 1. The lowest BCUT2D eigenvalue weighted by Gasteiger charge is -2.38. The van der Waals surface area contributed by atoms with E-state index in [0.717, 1.165) is 31.4 Å². The van der Waals surface area contributed by atoms with E-state index < -0.39 is 5.97 Å². The van der Waals surface area contributed by atoms with Crippen LogP contribution in [0.4, 0.5) is 0 Å². The smallest absolute Gasteiger partial charge is 0.303 e. The summed E-state index contributed by atoms with van der Waals surface area (Å²) in [5, 5.41) is 8.87. The lowest BCUT2D eigenvalue weighted by atomic mass is 9.88. The molecule has 0 spiro atoms. The summed E-state index contributed by atoms with van der Waals surface area (Å²) in [4.78, 5) is 25.0. The third-order valence-electron chi connectivity index (χ3n) is 4.10. The maximum Gasteiger partial charge on any atom is 0.303 e. The number of carboxylic acid groups (broad SMARTS) is 1. The molecule has 2 aliphatic heterocycles. The van der Waals surface area contributed by atoms with Gasteiger partial charge in [-0.15, -0.1) is 0 Å². The number of amides is 1. The van der Waals surface area contributed by atoms with Crippen molar-refractivity contribution in [3.05, 3.63) is 0 Å². The molecule has 4 nitrogen and oxygen atoms in total. The van der Waals surface area contributed by atoms with Gasteiger partial charge in [-0.05, 0) is 37.9 Å². The minimum Gasteiger partial charge on any atom is -0.481 e. The van der Waals surface area contributed by atoms with Crippen molar-refractivity contribution >= 4 is 23.6 Å². The van der Waals surface area contributed by atoms with Gasteiger partial charge >= 0.3 is 5.97 Å². The van der Waals surface area contributed by atoms with Crippen LogP contribution < -0.4 is 0 Å². The summed E-state index contributed by atoms with van der Waals surface area (Å²) in [6.45, 7) is 0. The van der Waals surface area contributed by atoms with Crippen LogP contribution in [0.3, 0.4) is 0 Å². The van der Waals surface area contributed by atoms with Crippen LogP contribution in [-0.2, 0) is 9.59 Å². The molecule has 0 aromatic heterocycles. The molecule has 5 heteroatoms. The first kappa shape index (κ1) is 13.7. The van der Waals surface area contributed by atoms with E-state index in [4.69, 9.17) is 5.11 Å². The third kappa shape index (κ3) is 2.99. The van der Waals surface area contributed by atoms with E-state index >= 15 is 0 Å². The summed E-state index contributed by atoms with van der Waals surface area (Å²) in [5.74, 6) is 0.713. The van der Waals surface area contributed by atoms with Gasteiger partial charge in [-0.1, -0.05) is 0 Å². The Balaban J connectivity index is 1.93. The Morgan fingerprint density at radius 2 is 1.89 bits per heavy atom. The molecule has 2 heterocycles. The number of fused-ring (bicyclic) bond motifs is 2. The minimum atomic E-state index is -0.707. The molecule has 1 N–H and O–H groups in total. The van der Waals surface area contributed by atoms with Gasteiger partial charge < -0.3 is 10.0 Å². The molecule has 2 rings (SSSR count). The lowest BCUT2D eigenvalue weighted by Crippen LogP contribution is -2.46. The highest BCUT2D eigenvalue weighted by Crippen LogP contribution is 2.40. The summed E-state index contributed by atoms with van der Waals surface area (Å²) in [5.41, 5.74) is 0. The summed E-state index contributed by atoms with van der Waals surface area (Å²) >= 11 is 1.70. The van der Waals surface area contributed by atoms with Gasteiger partial charge in [-0.3, -0.25) is 9.59 Å². The Morgan fingerprint density at radius 3 is 2.39 bits per heavy atom. The quantitative estimate of drug-likeness (QED) is 0.830. The van der Waals surface area contributed by atoms with E-state index in [-0.39, 0.29) is 18.2 Å². The van der Waals surface area contributed by atoms with Crippen molar-refractivity contribution in [2.45, 2.75) is 50.6 Å². The maximum absolute atomic E-state index is 12.1. The van der Waals surface area contributed by atoms with Gasteiger partial charge in [0, 0.05) is 30.7 Å². The van der Waals surface area contributed by atoms with Crippen LogP contribution in [0.25, 0.3) is 0 Å². The van der Waals surface area contributed by atoms with Crippen LogP contribution in [0.15, 0.2) is 0 Å². The van der Waals surface area contributed by atoms with Crippen LogP contribution in [0.2, 0.25) is 0 Å². The number of hydrogen-bond donors (Lipinski definition) is 1. The van der Waals surface area contributed by atoms with Crippen molar-refractivity contribution < 1.29 is 14.7 Å². The molecule has 1 amide bonds. The Kier molecular flexibility index (Phi) is 4.54. The maximum atomic E-state index is 12.1. The van der Waals surface area contributed by atoms with Crippen LogP contribution >= 0.6 is 11.8 Å². The van der Waals surface area contributed by atoms with Gasteiger partial charge in [0.2, 0.25) is 5.91 Å². The highest BCUT2D eigenvalue weighted by atomic mass is 32.2. The molecule has 0 aliphatic carbocycles. The van der Waals surface area contributed by atoms with Crippen molar-refractivity contribution in [3.63, 3.8) is 0 Å². The molecule has 18 heavy (non-hydrogen) atoms. The summed E-state index contributed by atoms with van der Waals surface area (Å²) < 4.78 is 0. The summed E-state index contributed by atoms with van der Waals surface area (Å²) in [6.07, 6.45) is 6.79. The Labute approximate surface area is 112 Å². The van der Waals surface area contributed by atoms with Crippen LogP contribution in [-0.4, -0.2) is 46.0 Å². The summed E-state index contributed by atoms with van der Waals surface area (Å²) in [7, 11) is 0. The fraction of sp³-hybridized carbons (Fsp3) is 0.846. The number of carbonyl (C=O) groups is 2. The molecule has 102 valence electrons. The zero-order valence-electron chi connectivity index (χ0n) is 10.8. The standard InChI is InChI=1S/C13H21NO3S/c1-18-5-4-12(15)14-10-2-3-11(14)7-9(6-10)8-13(16)17/h9-11H,2-8H2,1H3,(H,16,17). The highest BCUT2D eigenvalue weighted by Gasteiger charge is 2.43. The number of hydrogen-bond acceptors (Lipinski definition) is 3. The predicted molar refractivity (Wildman–Crippen MR) is 71.6 cm³/mol. The van der Waals surface area contributed by atoms with E-state index in [2.05, 4.69) is 4.90 Å². The number of piperidine rings is 1. The van der Waals surface area contributed by atoms with E-state index in [1.807, 2.05) is 6.26 Å². The topological polar surface area (TPSA) is 57.6 Å². The normalized spacial score (nSPS) is 30.5. The van der Waals surface area contributed by atoms with Gasteiger partial charge in [0.05, 0.1) is 0 Å². The molecule has 2 atom stereocenters. The van der Waals surface area contributed by atoms with Crippen molar-refractivity contribution in [1.29, 1.82) is 0 Å². The van der Waals surface area contributed by atoms with Gasteiger partial charge in [-0.25, -0.2) is 0 Å². The average molecular weight is 271 g/mol. The SMILES string of the molecule is CSCCC(=O)N1C2CCC1CC(CC(=O)O)C2. The van der Waals surface area contributed by atoms with E-state index in [9.17, 15) is 9.59 Å². The zero-order chi connectivity index (χ0) is 13.1. The number of carboxylic acids is 1. The van der Waals surface area contributed by atoms with Crippen molar-refractivity contribution in [2.24, 2.45) is 5.92 Å². The first-order valence-electron chi connectivity index (χ1n) is 6.63. The number of carbonyl (C=O) groups excluding carboxylic acids is 1. The zero-order valence-corrected chi connectivity index (χ0v) is 11.6. The fourth-order valence-corrected chi connectivity index (χ4v) is 3.81. The number of thioether (sulfide) groups is 1. The highest BCUT2D eigenvalue weighted by molar-refractivity contribution is 7.98. The molecule has 0 radical (unpaired) electrons. The van der Waals surface area contributed by atoms with Gasteiger partial charge in [0.25, 0.3) is 0 Å². The van der Waals surface area contributed by atoms with Gasteiger partial charge in [0.15, 0.2) is 0 Å². The van der Waals surface area contributed by atoms with E-state index in [1.54, 1.807) is 11.8 Å². The molecular weight excluding hydrogens is 250 g/mol. The number of nitrogens with zero attached hydrogens (tertiary/aromatic N) is 1. The molecular formula is C13H21NO3S. The number of rotatable bonds is 5. The largest absolute Gasteiger partial charge is 0.481 e.